The Morgan fingerprint density at radius 2 is 2.35 bits per heavy atom. The van der Waals surface area contributed by atoms with Crippen LogP contribution >= 0.6 is 0 Å². The monoisotopic (exact) mass is 228 g/mol. The summed E-state index contributed by atoms with van der Waals surface area (Å²) in [6.45, 7) is 3.45. The van der Waals surface area contributed by atoms with Crippen LogP contribution < -0.4 is 5.32 Å². The highest BCUT2D eigenvalue weighted by molar-refractivity contribution is 5.55. The summed E-state index contributed by atoms with van der Waals surface area (Å²) in [6, 6.07) is 9.17. The maximum absolute atomic E-state index is 8.80. The third-order valence-corrected chi connectivity index (χ3v) is 2.24. The topological polar surface area (TPSA) is 74.7 Å². The summed E-state index contributed by atoms with van der Waals surface area (Å²) in [5.41, 5.74) is 1.34. The average molecular weight is 228 g/mol. The van der Waals surface area contributed by atoms with Crippen LogP contribution in [0.2, 0.25) is 0 Å². The fourth-order valence-corrected chi connectivity index (χ4v) is 1.40. The van der Waals surface area contributed by atoms with Crippen molar-refractivity contribution in [3.8, 4) is 17.5 Å². The zero-order chi connectivity index (χ0) is 12.1. The molecule has 0 amide bonds. The summed E-state index contributed by atoms with van der Waals surface area (Å²) < 4.78 is 5.14. The van der Waals surface area contributed by atoms with Gasteiger partial charge in [-0.2, -0.15) is 10.2 Å². The van der Waals surface area contributed by atoms with E-state index in [0.29, 0.717) is 23.8 Å². The number of rotatable bonds is 4. The summed E-state index contributed by atoms with van der Waals surface area (Å²) in [5.74, 6) is 1.05. The number of aromatic nitrogens is 2. The van der Waals surface area contributed by atoms with Crippen LogP contribution in [0.25, 0.3) is 11.5 Å². The zero-order valence-corrected chi connectivity index (χ0v) is 9.47. The van der Waals surface area contributed by atoms with E-state index in [9.17, 15) is 0 Å². The first-order valence-electron chi connectivity index (χ1n) is 5.37. The Morgan fingerprint density at radius 1 is 1.47 bits per heavy atom. The van der Waals surface area contributed by atoms with Gasteiger partial charge in [0.05, 0.1) is 18.2 Å². The molecule has 0 saturated carbocycles. The second kappa shape index (κ2) is 5.23. The number of nitriles is 1. The highest BCUT2D eigenvalue weighted by atomic mass is 16.5. The number of hydrogen-bond donors (Lipinski definition) is 1. The molecule has 0 saturated heterocycles. The molecule has 0 radical (unpaired) electrons. The van der Waals surface area contributed by atoms with E-state index in [0.717, 1.165) is 12.1 Å². The Labute approximate surface area is 99.1 Å². The van der Waals surface area contributed by atoms with Crippen LogP contribution in [0.5, 0.6) is 0 Å². The van der Waals surface area contributed by atoms with Crippen LogP contribution in [0.1, 0.15) is 18.3 Å². The average Bonchev–Trinajstić information content (AvgIpc) is 2.85. The summed E-state index contributed by atoms with van der Waals surface area (Å²) in [6.07, 6.45) is 0. The fraction of sp³-hybridized carbons (Fsp3) is 0.250. The van der Waals surface area contributed by atoms with Crippen LogP contribution in [0.4, 0.5) is 0 Å². The molecule has 1 aromatic carbocycles. The van der Waals surface area contributed by atoms with E-state index < -0.39 is 0 Å². The normalized spacial score (nSPS) is 10.1. The first kappa shape index (κ1) is 11.3. The molecule has 0 aliphatic heterocycles. The Bertz CT molecular complexity index is 541. The largest absolute Gasteiger partial charge is 0.334 e. The molecule has 17 heavy (non-hydrogen) atoms. The predicted molar refractivity (Wildman–Crippen MR) is 61.8 cm³/mol. The Morgan fingerprint density at radius 3 is 3.12 bits per heavy atom. The number of benzene rings is 1. The van der Waals surface area contributed by atoms with Crippen molar-refractivity contribution >= 4 is 0 Å². The summed E-state index contributed by atoms with van der Waals surface area (Å²) in [5, 5.41) is 15.8. The molecule has 0 fully saturated rings. The van der Waals surface area contributed by atoms with Crippen molar-refractivity contribution in [2.24, 2.45) is 0 Å². The van der Waals surface area contributed by atoms with Gasteiger partial charge < -0.3 is 9.84 Å². The molecule has 0 aliphatic carbocycles. The second-order valence-electron chi connectivity index (χ2n) is 3.49. The SMILES string of the molecule is CCNCc1noc(-c2cccc(C#N)c2)n1. The van der Waals surface area contributed by atoms with Crippen molar-refractivity contribution in [3.05, 3.63) is 35.7 Å². The maximum atomic E-state index is 8.80. The van der Waals surface area contributed by atoms with E-state index in [2.05, 4.69) is 21.5 Å². The molecular weight excluding hydrogens is 216 g/mol. The number of hydrogen-bond acceptors (Lipinski definition) is 5. The Balaban J connectivity index is 2.21. The third kappa shape index (κ3) is 2.68. The lowest BCUT2D eigenvalue weighted by Crippen LogP contribution is -2.12. The summed E-state index contributed by atoms with van der Waals surface area (Å²) >= 11 is 0. The van der Waals surface area contributed by atoms with Gasteiger partial charge in [0.2, 0.25) is 0 Å². The molecule has 86 valence electrons. The minimum atomic E-state index is 0.440. The van der Waals surface area contributed by atoms with Crippen LogP contribution in [-0.2, 0) is 6.54 Å². The van der Waals surface area contributed by atoms with Crippen molar-refractivity contribution < 1.29 is 4.52 Å². The fourth-order valence-electron chi connectivity index (χ4n) is 1.40. The molecule has 1 N–H and O–H groups in total. The molecule has 0 bridgehead atoms. The lowest BCUT2D eigenvalue weighted by molar-refractivity contribution is 0.420. The highest BCUT2D eigenvalue weighted by Gasteiger charge is 2.08. The van der Waals surface area contributed by atoms with E-state index in [4.69, 9.17) is 9.78 Å². The van der Waals surface area contributed by atoms with Crippen molar-refractivity contribution in [2.45, 2.75) is 13.5 Å². The van der Waals surface area contributed by atoms with Crippen LogP contribution in [0.3, 0.4) is 0 Å². The van der Waals surface area contributed by atoms with Gasteiger partial charge in [-0.25, -0.2) is 0 Å². The van der Waals surface area contributed by atoms with Crippen molar-refractivity contribution in [2.75, 3.05) is 6.54 Å². The maximum Gasteiger partial charge on any atom is 0.258 e. The first-order chi connectivity index (χ1) is 8.33. The zero-order valence-electron chi connectivity index (χ0n) is 9.47. The van der Waals surface area contributed by atoms with Gasteiger partial charge in [-0.15, -0.1) is 0 Å². The molecule has 5 nitrogen and oxygen atoms in total. The number of nitrogens with zero attached hydrogens (tertiary/aromatic N) is 3. The predicted octanol–water partition coefficient (Wildman–Crippen LogP) is 1.72. The van der Waals surface area contributed by atoms with E-state index >= 15 is 0 Å². The van der Waals surface area contributed by atoms with Crippen LogP contribution in [0, 0.1) is 11.3 Å². The highest BCUT2D eigenvalue weighted by Crippen LogP contribution is 2.17. The molecule has 2 rings (SSSR count). The number of nitrogens with one attached hydrogen (secondary N) is 1. The summed E-state index contributed by atoms with van der Waals surface area (Å²) in [4.78, 5) is 4.24. The molecule has 0 spiro atoms. The molecule has 5 heteroatoms. The van der Waals surface area contributed by atoms with Gasteiger partial charge in [0.25, 0.3) is 5.89 Å². The minimum absolute atomic E-state index is 0.440. The van der Waals surface area contributed by atoms with E-state index in [-0.39, 0.29) is 0 Å². The van der Waals surface area contributed by atoms with Gasteiger partial charge >= 0.3 is 0 Å². The van der Waals surface area contributed by atoms with E-state index in [1.165, 1.54) is 0 Å². The smallest absolute Gasteiger partial charge is 0.258 e. The second-order valence-corrected chi connectivity index (χ2v) is 3.49. The molecular formula is C12H12N4O. The molecule has 2 aromatic rings. The van der Waals surface area contributed by atoms with Gasteiger partial charge in [0.15, 0.2) is 5.82 Å². The van der Waals surface area contributed by atoms with Crippen LogP contribution in [-0.4, -0.2) is 16.7 Å². The lowest BCUT2D eigenvalue weighted by atomic mass is 10.1. The third-order valence-electron chi connectivity index (χ3n) is 2.24. The first-order valence-corrected chi connectivity index (χ1v) is 5.37. The van der Waals surface area contributed by atoms with Gasteiger partial charge in [-0.05, 0) is 24.7 Å². The molecule has 1 aromatic heterocycles. The standard InChI is InChI=1S/C12H12N4O/c1-2-14-8-11-15-12(17-16-11)10-5-3-4-9(6-10)7-13/h3-6,14H,2,8H2,1H3. The van der Waals surface area contributed by atoms with Gasteiger partial charge in [-0.1, -0.05) is 18.1 Å². The molecule has 0 atom stereocenters. The summed E-state index contributed by atoms with van der Waals surface area (Å²) in [7, 11) is 0. The van der Waals surface area contributed by atoms with E-state index in [1.54, 1.807) is 18.2 Å². The Kier molecular flexibility index (Phi) is 3.48. The van der Waals surface area contributed by atoms with Gasteiger partial charge in [-0.3, -0.25) is 0 Å². The van der Waals surface area contributed by atoms with Gasteiger partial charge in [0, 0.05) is 5.56 Å². The van der Waals surface area contributed by atoms with Crippen molar-refractivity contribution in [1.82, 2.24) is 15.5 Å². The van der Waals surface area contributed by atoms with Crippen molar-refractivity contribution in [3.63, 3.8) is 0 Å². The van der Waals surface area contributed by atoms with Crippen LogP contribution in [0.15, 0.2) is 28.8 Å². The van der Waals surface area contributed by atoms with Crippen molar-refractivity contribution in [1.29, 1.82) is 5.26 Å². The Hall–Kier alpha value is -2.19. The lowest BCUT2D eigenvalue weighted by Gasteiger charge is -1.94. The minimum Gasteiger partial charge on any atom is -0.334 e. The quantitative estimate of drug-likeness (QED) is 0.862. The van der Waals surface area contributed by atoms with Gasteiger partial charge in [0.1, 0.15) is 0 Å². The van der Waals surface area contributed by atoms with E-state index in [1.807, 2.05) is 13.0 Å². The molecule has 1 heterocycles. The molecule has 0 unspecified atom stereocenters. The molecule has 0 aliphatic rings.